The number of anilines is 1. The smallest absolute Gasteiger partial charge is 0.237 e. The number of hydrazine groups is 1. The quantitative estimate of drug-likeness (QED) is 0.605. The van der Waals surface area contributed by atoms with Gasteiger partial charge < -0.3 is 4.74 Å². The first kappa shape index (κ1) is 10.4. The highest BCUT2D eigenvalue weighted by Gasteiger charge is 1.99. The predicted molar refractivity (Wildman–Crippen MR) is 61.1 cm³/mol. The normalized spacial score (nSPS) is 9.88. The zero-order valence-electron chi connectivity index (χ0n) is 8.84. The van der Waals surface area contributed by atoms with Crippen LogP contribution in [0.4, 0.5) is 5.95 Å². The molecule has 0 saturated heterocycles. The number of hydrogen-bond donors (Lipinski definition) is 2. The average Bonchev–Trinajstić information content (AvgIpc) is 2.30. The van der Waals surface area contributed by atoms with Crippen molar-refractivity contribution in [3.05, 3.63) is 42.2 Å². The molecule has 16 heavy (non-hydrogen) atoms. The molecule has 3 N–H and O–H groups in total. The van der Waals surface area contributed by atoms with Gasteiger partial charge >= 0.3 is 0 Å². The zero-order chi connectivity index (χ0) is 11.4. The number of nitrogens with one attached hydrogen (secondary N) is 1. The van der Waals surface area contributed by atoms with Crippen LogP contribution in [0.2, 0.25) is 0 Å². The summed E-state index contributed by atoms with van der Waals surface area (Å²) in [5.74, 6) is 6.85. The Morgan fingerprint density at radius 1 is 1.19 bits per heavy atom. The number of nitrogen functional groups attached to an aromatic ring is 1. The summed E-state index contributed by atoms with van der Waals surface area (Å²) >= 11 is 0. The number of aryl methyl sites for hydroxylation is 1. The highest BCUT2D eigenvalue weighted by Crippen LogP contribution is 2.20. The minimum atomic E-state index is 0.358. The van der Waals surface area contributed by atoms with Crippen LogP contribution in [-0.4, -0.2) is 9.97 Å². The molecule has 2 aromatic rings. The largest absolute Gasteiger partial charge is 0.454 e. The molecule has 5 nitrogen and oxygen atoms in total. The van der Waals surface area contributed by atoms with Gasteiger partial charge in [0.15, 0.2) is 5.75 Å². The van der Waals surface area contributed by atoms with Crippen molar-refractivity contribution in [2.75, 3.05) is 5.43 Å². The number of benzene rings is 1. The van der Waals surface area contributed by atoms with E-state index < -0.39 is 0 Å². The van der Waals surface area contributed by atoms with Crippen LogP contribution in [0.5, 0.6) is 11.5 Å². The van der Waals surface area contributed by atoms with Gasteiger partial charge in [0.25, 0.3) is 0 Å². The standard InChI is InChI=1S/C11H12N4O/c1-8-3-2-4-9(5-8)16-10-6-13-11(15-12)14-7-10/h2-7H,12H2,1H3,(H,13,14,15). The maximum atomic E-state index is 5.57. The Morgan fingerprint density at radius 3 is 2.56 bits per heavy atom. The molecular formula is C11H12N4O. The second-order valence-electron chi connectivity index (χ2n) is 3.31. The summed E-state index contributed by atoms with van der Waals surface area (Å²) in [6, 6.07) is 7.75. The first-order chi connectivity index (χ1) is 7.78. The van der Waals surface area contributed by atoms with Gasteiger partial charge in [-0.15, -0.1) is 0 Å². The van der Waals surface area contributed by atoms with E-state index >= 15 is 0 Å². The third kappa shape index (κ3) is 2.46. The van der Waals surface area contributed by atoms with Gasteiger partial charge in [0.05, 0.1) is 12.4 Å². The van der Waals surface area contributed by atoms with Crippen molar-refractivity contribution in [2.24, 2.45) is 5.84 Å². The SMILES string of the molecule is Cc1cccc(Oc2cnc(NN)nc2)c1. The van der Waals surface area contributed by atoms with Crippen LogP contribution in [0.3, 0.4) is 0 Å². The molecule has 0 bridgehead atoms. The average molecular weight is 216 g/mol. The van der Waals surface area contributed by atoms with Crippen molar-refractivity contribution in [1.82, 2.24) is 9.97 Å². The molecule has 0 atom stereocenters. The maximum absolute atomic E-state index is 5.57. The van der Waals surface area contributed by atoms with E-state index in [2.05, 4.69) is 15.4 Å². The van der Waals surface area contributed by atoms with Crippen molar-refractivity contribution in [2.45, 2.75) is 6.92 Å². The number of nitrogens with two attached hydrogens (primary N) is 1. The summed E-state index contributed by atoms with van der Waals surface area (Å²) in [5.41, 5.74) is 3.49. The molecule has 0 unspecified atom stereocenters. The third-order valence-corrected chi connectivity index (χ3v) is 1.98. The fourth-order valence-corrected chi connectivity index (χ4v) is 1.26. The van der Waals surface area contributed by atoms with E-state index in [1.54, 1.807) is 12.4 Å². The number of rotatable bonds is 3. The lowest BCUT2D eigenvalue weighted by Crippen LogP contribution is -2.09. The van der Waals surface area contributed by atoms with Crippen LogP contribution in [0.15, 0.2) is 36.7 Å². The van der Waals surface area contributed by atoms with Crippen LogP contribution >= 0.6 is 0 Å². The molecule has 82 valence electrons. The number of ether oxygens (including phenoxy) is 1. The van der Waals surface area contributed by atoms with E-state index in [0.717, 1.165) is 11.3 Å². The summed E-state index contributed by atoms with van der Waals surface area (Å²) in [4.78, 5) is 7.89. The Balaban J connectivity index is 2.14. The van der Waals surface area contributed by atoms with Crippen molar-refractivity contribution in [3.8, 4) is 11.5 Å². The van der Waals surface area contributed by atoms with Crippen LogP contribution in [0, 0.1) is 6.92 Å². The highest BCUT2D eigenvalue weighted by molar-refractivity contribution is 5.33. The summed E-state index contributed by atoms with van der Waals surface area (Å²) in [7, 11) is 0. The second kappa shape index (κ2) is 4.59. The molecule has 0 aliphatic rings. The van der Waals surface area contributed by atoms with E-state index in [-0.39, 0.29) is 0 Å². The molecule has 1 aromatic heterocycles. The minimum Gasteiger partial charge on any atom is -0.454 e. The molecule has 0 spiro atoms. The fourth-order valence-electron chi connectivity index (χ4n) is 1.26. The Morgan fingerprint density at radius 2 is 1.94 bits per heavy atom. The molecule has 0 amide bonds. The lowest BCUT2D eigenvalue weighted by Gasteiger charge is -2.05. The Labute approximate surface area is 93.3 Å². The topological polar surface area (TPSA) is 73.1 Å². The molecule has 2 rings (SSSR count). The zero-order valence-corrected chi connectivity index (χ0v) is 8.84. The number of hydrogen-bond acceptors (Lipinski definition) is 5. The van der Waals surface area contributed by atoms with E-state index in [1.807, 2.05) is 31.2 Å². The van der Waals surface area contributed by atoms with E-state index in [1.165, 1.54) is 0 Å². The second-order valence-corrected chi connectivity index (χ2v) is 3.31. The molecule has 0 saturated carbocycles. The number of aromatic nitrogens is 2. The van der Waals surface area contributed by atoms with E-state index in [0.29, 0.717) is 11.7 Å². The third-order valence-electron chi connectivity index (χ3n) is 1.98. The Hall–Kier alpha value is -2.14. The van der Waals surface area contributed by atoms with Crippen LogP contribution in [0.1, 0.15) is 5.56 Å². The van der Waals surface area contributed by atoms with Crippen molar-refractivity contribution >= 4 is 5.95 Å². The summed E-state index contributed by atoms with van der Waals surface area (Å²) in [6.45, 7) is 2.00. The van der Waals surface area contributed by atoms with Gasteiger partial charge in [0.2, 0.25) is 5.95 Å². The van der Waals surface area contributed by atoms with Crippen molar-refractivity contribution in [3.63, 3.8) is 0 Å². The maximum Gasteiger partial charge on any atom is 0.237 e. The molecule has 0 radical (unpaired) electrons. The van der Waals surface area contributed by atoms with Gasteiger partial charge in [0.1, 0.15) is 5.75 Å². The summed E-state index contributed by atoms with van der Waals surface area (Å²) in [6.07, 6.45) is 3.12. The molecule has 0 fully saturated rings. The van der Waals surface area contributed by atoms with Gasteiger partial charge in [-0.25, -0.2) is 15.8 Å². The minimum absolute atomic E-state index is 0.358. The molecule has 1 heterocycles. The first-order valence-electron chi connectivity index (χ1n) is 4.81. The summed E-state index contributed by atoms with van der Waals surface area (Å²) in [5, 5.41) is 0. The van der Waals surface area contributed by atoms with E-state index in [4.69, 9.17) is 10.6 Å². The molecule has 0 aliphatic carbocycles. The predicted octanol–water partition coefficient (Wildman–Crippen LogP) is 1.86. The van der Waals surface area contributed by atoms with Gasteiger partial charge in [-0.2, -0.15) is 0 Å². The fraction of sp³-hybridized carbons (Fsp3) is 0.0909. The Kier molecular flexibility index (Phi) is 2.98. The van der Waals surface area contributed by atoms with Gasteiger partial charge in [0, 0.05) is 0 Å². The highest BCUT2D eigenvalue weighted by atomic mass is 16.5. The van der Waals surface area contributed by atoms with E-state index in [9.17, 15) is 0 Å². The van der Waals surface area contributed by atoms with Crippen LogP contribution < -0.4 is 16.0 Å². The van der Waals surface area contributed by atoms with Gasteiger partial charge in [-0.1, -0.05) is 12.1 Å². The van der Waals surface area contributed by atoms with Gasteiger partial charge in [-0.05, 0) is 24.6 Å². The van der Waals surface area contributed by atoms with Gasteiger partial charge in [-0.3, -0.25) is 5.43 Å². The Bertz CT molecular complexity index is 470. The van der Waals surface area contributed by atoms with Crippen molar-refractivity contribution < 1.29 is 4.74 Å². The molecule has 5 heteroatoms. The lowest BCUT2D eigenvalue weighted by molar-refractivity contribution is 0.477. The number of nitrogens with zero attached hydrogens (tertiary/aromatic N) is 2. The monoisotopic (exact) mass is 216 g/mol. The molecule has 1 aromatic carbocycles. The molecular weight excluding hydrogens is 204 g/mol. The summed E-state index contributed by atoms with van der Waals surface area (Å²) < 4.78 is 5.57. The molecule has 0 aliphatic heterocycles. The first-order valence-corrected chi connectivity index (χ1v) is 4.81. The van der Waals surface area contributed by atoms with Crippen molar-refractivity contribution in [1.29, 1.82) is 0 Å². The van der Waals surface area contributed by atoms with Crippen LogP contribution in [-0.2, 0) is 0 Å². The lowest BCUT2D eigenvalue weighted by atomic mass is 10.2. The van der Waals surface area contributed by atoms with Crippen LogP contribution in [0.25, 0.3) is 0 Å².